The molecule has 4 aliphatic carbocycles. The van der Waals surface area contributed by atoms with Crippen LogP contribution in [0.1, 0.15) is 52.4 Å². The van der Waals surface area contributed by atoms with Gasteiger partial charge in [0, 0.05) is 24.7 Å². The lowest BCUT2D eigenvalue weighted by Gasteiger charge is -2.56. The van der Waals surface area contributed by atoms with Crippen molar-refractivity contribution in [3.63, 3.8) is 0 Å². The molecule has 4 saturated carbocycles. The third-order valence-corrected chi connectivity index (χ3v) is 10.0. The maximum Gasteiger partial charge on any atom is 0.244 e. The van der Waals surface area contributed by atoms with Crippen molar-refractivity contribution in [2.75, 3.05) is 18.8 Å². The Kier molecular flexibility index (Phi) is 5.62. The molecule has 154 valence electrons. The summed E-state index contributed by atoms with van der Waals surface area (Å²) in [7, 11) is -3.49. The van der Waals surface area contributed by atoms with Gasteiger partial charge in [-0.25, -0.2) is 13.4 Å². The Balaban J connectivity index is 1.40. The van der Waals surface area contributed by atoms with E-state index in [1.54, 1.807) is 12.1 Å². The smallest absolute Gasteiger partial charge is 0.244 e. The van der Waals surface area contributed by atoms with Gasteiger partial charge in [0.2, 0.25) is 10.0 Å². The summed E-state index contributed by atoms with van der Waals surface area (Å²) in [6.07, 6.45) is 8.70. The van der Waals surface area contributed by atoms with Crippen LogP contribution in [0.15, 0.2) is 28.3 Å². The van der Waals surface area contributed by atoms with E-state index >= 15 is 0 Å². The minimum atomic E-state index is -3.49. The zero-order chi connectivity index (χ0) is 19.9. The van der Waals surface area contributed by atoms with Gasteiger partial charge in [0.25, 0.3) is 0 Å². The first-order valence-electron chi connectivity index (χ1n) is 10.5. The second-order valence-electron chi connectivity index (χ2n) is 8.83. The number of aromatic nitrogens is 1. The molecule has 4 fully saturated rings. The van der Waals surface area contributed by atoms with E-state index in [-0.39, 0.29) is 10.3 Å². The number of Topliss-reactive ketones (excluding diaryl/α,β-unsaturated/α-hetero) is 1. The number of sulfonamides is 1. The highest BCUT2D eigenvalue weighted by Crippen LogP contribution is 2.60. The summed E-state index contributed by atoms with van der Waals surface area (Å²) in [6.45, 7) is 4.54. The Bertz CT molecular complexity index is 796. The first-order valence-corrected chi connectivity index (χ1v) is 12.9. The minimum Gasteiger partial charge on any atom is -0.298 e. The quantitative estimate of drug-likeness (QED) is 0.593. The maximum absolute atomic E-state index is 13.1. The van der Waals surface area contributed by atoms with Gasteiger partial charge in [-0.3, -0.25) is 4.79 Å². The average molecular weight is 423 g/mol. The zero-order valence-corrected chi connectivity index (χ0v) is 18.4. The molecule has 0 atom stereocenters. The number of ketones is 1. The molecule has 7 heteroatoms. The van der Waals surface area contributed by atoms with Gasteiger partial charge in [0.1, 0.15) is 10.7 Å². The highest BCUT2D eigenvalue weighted by molar-refractivity contribution is 7.99. The fourth-order valence-electron chi connectivity index (χ4n) is 6.06. The molecule has 28 heavy (non-hydrogen) atoms. The predicted octanol–water partition coefficient (Wildman–Crippen LogP) is 3.99. The van der Waals surface area contributed by atoms with E-state index in [2.05, 4.69) is 4.98 Å². The fraction of sp³-hybridized carbons (Fsp3) is 0.714. The Morgan fingerprint density at radius 3 is 2.14 bits per heavy atom. The number of pyridine rings is 1. The zero-order valence-electron chi connectivity index (χ0n) is 16.8. The summed E-state index contributed by atoms with van der Waals surface area (Å²) < 4.78 is 26.5. The molecule has 0 radical (unpaired) electrons. The minimum absolute atomic E-state index is 0.0756. The van der Waals surface area contributed by atoms with Crippen LogP contribution in [-0.2, 0) is 14.8 Å². The summed E-state index contributed by atoms with van der Waals surface area (Å²) in [5, 5.41) is 0.719. The molecule has 1 aromatic rings. The van der Waals surface area contributed by atoms with E-state index < -0.39 is 10.0 Å². The average Bonchev–Trinajstić information content (AvgIpc) is 2.66. The summed E-state index contributed by atoms with van der Waals surface area (Å²) >= 11 is 1.45. The van der Waals surface area contributed by atoms with Crippen molar-refractivity contribution in [3.8, 4) is 0 Å². The van der Waals surface area contributed by atoms with Gasteiger partial charge in [-0.2, -0.15) is 4.31 Å². The summed E-state index contributed by atoms with van der Waals surface area (Å²) in [5.74, 6) is 3.13. The van der Waals surface area contributed by atoms with Gasteiger partial charge in [-0.15, -0.1) is 0 Å². The van der Waals surface area contributed by atoms with Gasteiger partial charge in [-0.1, -0.05) is 25.6 Å². The molecule has 1 heterocycles. The Labute approximate surface area is 172 Å². The van der Waals surface area contributed by atoms with Gasteiger partial charge >= 0.3 is 0 Å². The predicted molar refractivity (Wildman–Crippen MR) is 111 cm³/mol. The van der Waals surface area contributed by atoms with Crippen molar-refractivity contribution >= 4 is 27.6 Å². The molecule has 4 aliphatic rings. The monoisotopic (exact) mass is 422 g/mol. The van der Waals surface area contributed by atoms with E-state index in [9.17, 15) is 13.2 Å². The third-order valence-electron chi connectivity index (χ3n) is 7.03. The topological polar surface area (TPSA) is 67.3 Å². The number of rotatable bonds is 8. The molecule has 1 aromatic heterocycles. The van der Waals surface area contributed by atoms with Crippen molar-refractivity contribution in [2.24, 2.45) is 23.2 Å². The Morgan fingerprint density at radius 2 is 1.68 bits per heavy atom. The van der Waals surface area contributed by atoms with E-state index in [1.807, 2.05) is 13.8 Å². The van der Waals surface area contributed by atoms with Crippen LogP contribution in [0.2, 0.25) is 0 Å². The second kappa shape index (κ2) is 7.73. The first kappa shape index (κ1) is 20.4. The standard InChI is InChI=1S/C21H30N2O3S2/c1-3-23(4-2)28(25,26)18-5-6-20(22-13-18)27-14-19(24)21-10-15-7-16(11-21)9-17(8-15)12-21/h5-6,13,15-17H,3-4,7-12,14H2,1-2H3. The van der Waals surface area contributed by atoms with Crippen molar-refractivity contribution < 1.29 is 13.2 Å². The molecule has 5 nitrogen and oxygen atoms in total. The highest BCUT2D eigenvalue weighted by atomic mass is 32.2. The van der Waals surface area contributed by atoms with Crippen LogP contribution < -0.4 is 0 Å². The largest absolute Gasteiger partial charge is 0.298 e. The van der Waals surface area contributed by atoms with Gasteiger partial charge in [-0.05, 0) is 68.4 Å². The second-order valence-corrected chi connectivity index (χ2v) is 11.8. The van der Waals surface area contributed by atoms with E-state index in [0.29, 0.717) is 24.6 Å². The number of nitrogens with zero attached hydrogens (tertiary/aromatic N) is 2. The van der Waals surface area contributed by atoms with Crippen LogP contribution in [0, 0.1) is 23.2 Å². The molecular formula is C21H30N2O3S2. The van der Waals surface area contributed by atoms with Crippen LogP contribution in [0.3, 0.4) is 0 Å². The number of hydrogen-bond donors (Lipinski definition) is 0. The normalized spacial score (nSPS) is 31.5. The molecule has 0 saturated heterocycles. The lowest BCUT2D eigenvalue weighted by Crippen LogP contribution is -2.50. The van der Waals surface area contributed by atoms with Crippen LogP contribution in [0.4, 0.5) is 0 Å². The molecule has 0 amide bonds. The molecule has 0 unspecified atom stereocenters. The summed E-state index contributed by atoms with van der Waals surface area (Å²) in [4.78, 5) is 17.6. The molecule has 0 aromatic carbocycles. The first-order chi connectivity index (χ1) is 13.4. The van der Waals surface area contributed by atoms with Gasteiger partial charge in [0.15, 0.2) is 0 Å². The molecule has 5 rings (SSSR count). The van der Waals surface area contributed by atoms with Gasteiger partial charge in [0.05, 0.1) is 10.8 Å². The van der Waals surface area contributed by atoms with Crippen molar-refractivity contribution in [2.45, 2.75) is 62.3 Å². The van der Waals surface area contributed by atoms with E-state index in [0.717, 1.165) is 42.0 Å². The molecule has 4 bridgehead atoms. The van der Waals surface area contributed by atoms with Crippen molar-refractivity contribution in [3.05, 3.63) is 18.3 Å². The highest BCUT2D eigenvalue weighted by Gasteiger charge is 2.54. The molecular weight excluding hydrogens is 392 g/mol. The summed E-state index contributed by atoms with van der Waals surface area (Å²) in [6, 6.07) is 3.34. The van der Waals surface area contributed by atoms with Gasteiger partial charge < -0.3 is 0 Å². The lowest BCUT2D eigenvalue weighted by atomic mass is 9.48. The number of hydrogen-bond acceptors (Lipinski definition) is 5. The maximum atomic E-state index is 13.1. The SMILES string of the molecule is CCN(CC)S(=O)(=O)c1ccc(SCC(=O)C23CC4CC(CC(C4)C2)C3)nc1. The molecule has 0 spiro atoms. The van der Waals surface area contributed by atoms with Crippen LogP contribution in [0.5, 0.6) is 0 Å². The Hall–Kier alpha value is -0.920. The van der Waals surface area contributed by atoms with Crippen LogP contribution in [0.25, 0.3) is 0 Å². The lowest BCUT2D eigenvalue weighted by molar-refractivity contribution is -0.141. The van der Waals surface area contributed by atoms with Crippen molar-refractivity contribution in [1.29, 1.82) is 0 Å². The summed E-state index contributed by atoms with van der Waals surface area (Å²) in [5.41, 5.74) is -0.0756. The fourth-order valence-corrected chi connectivity index (χ4v) is 8.34. The van der Waals surface area contributed by atoms with E-state index in [4.69, 9.17) is 0 Å². The number of carbonyl (C=O) groups excluding carboxylic acids is 1. The molecule has 0 N–H and O–H groups in total. The van der Waals surface area contributed by atoms with Crippen LogP contribution >= 0.6 is 11.8 Å². The van der Waals surface area contributed by atoms with E-state index in [1.165, 1.54) is 41.5 Å². The number of thioether (sulfide) groups is 1. The van der Waals surface area contributed by atoms with Crippen molar-refractivity contribution in [1.82, 2.24) is 9.29 Å². The van der Waals surface area contributed by atoms with Crippen LogP contribution in [-0.4, -0.2) is 42.3 Å². The Morgan fingerprint density at radius 1 is 1.11 bits per heavy atom. The number of carbonyl (C=O) groups is 1. The molecule has 0 aliphatic heterocycles. The third kappa shape index (κ3) is 3.65.